The third-order valence-corrected chi connectivity index (χ3v) is 2.50. The predicted molar refractivity (Wildman–Crippen MR) is 55.2 cm³/mol. The van der Waals surface area contributed by atoms with Crippen LogP contribution in [0.15, 0.2) is 0 Å². The summed E-state index contributed by atoms with van der Waals surface area (Å²) >= 11 is 0. The minimum atomic E-state index is -0.172. The molecule has 1 saturated heterocycles. The van der Waals surface area contributed by atoms with Crippen LogP contribution in [0.3, 0.4) is 0 Å². The molecule has 1 heterocycles. The van der Waals surface area contributed by atoms with E-state index in [0.717, 1.165) is 39.0 Å². The number of hydrogen-bond acceptors (Lipinski definition) is 3. The summed E-state index contributed by atoms with van der Waals surface area (Å²) in [5.41, 5.74) is 0. The number of hydrogen-bond donors (Lipinski definition) is 1. The molecule has 1 aliphatic rings. The van der Waals surface area contributed by atoms with Crippen LogP contribution in [0.1, 0.15) is 19.3 Å². The molecular formula is C10H20N2O2. The van der Waals surface area contributed by atoms with Crippen molar-refractivity contribution in [2.75, 3.05) is 33.8 Å². The Kier molecular flexibility index (Phi) is 4.90. The summed E-state index contributed by atoms with van der Waals surface area (Å²) in [5, 5.41) is 3.06. The first-order valence-electron chi connectivity index (χ1n) is 5.27. The van der Waals surface area contributed by atoms with E-state index in [1.807, 2.05) is 14.1 Å². The fourth-order valence-corrected chi connectivity index (χ4v) is 1.62. The fourth-order valence-electron chi connectivity index (χ4n) is 1.62. The van der Waals surface area contributed by atoms with E-state index in [1.54, 1.807) is 4.90 Å². The molecule has 0 saturated carbocycles. The van der Waals surface area contributed by atoms with Gasteiger partial charge < -0.3 is 15.0 Å². The molecule has 1 aliphatic heterocycles. The quantitative estimate of drug-likeness (QED) is 0.646. The van der Waals surface area contributed by atoms with Crippen molar-refractivity contribution in [2.45, 2.75) is 25.4 Å². The number of amides is 1. The van der Waals surface area contributed by atoms with Crippen LogP contribution in [0, 0.1) is 0 Å². The molecule has 0 aromatic rings. The Hall–Kier alpha value is -0.610. The van der Waals surface area contributed by atoms with Gasteiger partial charge in [-0.25, -0.2) is 0 Å². The van der Waals surface area contributed by atoms with Crippen LogP contribution >= 0.6 is 0 Å². The number of carbonyl (C=O) groups is 1. The molecule has 0 unspecified atom stereocenters. The molecule has 1 N–H and O–H groups in total. The van der Waals surface area contributed by atoms with Crippen LogP contribution < -0.4 is 5.32 Å². The first-order valence-corrected chi connectivity index (χ1v) is 5.27. The average Bonchev–Trinajstić information content (AvgIpc) is 2.69. The SMILES string of the molecule is CNCCCN(C)C(=O)[C@@H]1CCCO1. The van der Waals surface area contributed by atoms with Crippen LogP contribution in [0.5, 0.6) is 0 Å². The highest BCUT2D eigenvalue weighted by Crippen LogP contribution is 2.13. The Bertz CT molecular complexity index is 179. The van der Waals surface area contributed by atoms with Crippen molar-refractivity contribution >= 4 is 5.91 Å². The van der Waals surface area contributed by atoms with E-state index in [9.17, 15) is 4.79 Å². The number of ether oxygens (including phenoxy) is 1. The highest BCUT2D eigenvalue weighted by atomic mass is 16.5. The maximum absolute atomic E-state index is 11.7. The minimum Gasteiger partial charge on any atom is -0.368 e. The highest BCUT2D eigenvalue weighted by molar-refractivity contribution is 5.80. The monoisotopic (exact) mass is 200 g/mol. The maximum Gasteiger partial charge on any atom is 0.251 e. The smallest absolute Gasteiger partial charge is 0.251 e. The molecule has 1 rings (SSSR count). The van der Waals surface area contributed by atoms with Crippen molar-refractivity contribution in [2.24, 2.45) is 0 Å². The van der Waals surface area contributed by atoms with E-state index in [0.29, 0.717) is 0 Å². The van der Waals surface area contributed by atoms with Crippen LogP contribution in [0.25, 0.3) is 0 Å². The van der Waals surface area contributed by atoms with Gasteiger partial charge >= 0.3 is 0 Å². The van der Waals surface area contributed by atoms with Gasteiger partial charge in [0.2, 0.25) is 0 Å². The Balaban J connectivity index is 2.21. The van der Waals surface area contributed by atoms with Gasteiger partial charge in [-0.1, -0.05) is 0 Å². The van der Waals surface area contributed by atoms with Gasteiger partial charge in [-0.05, 0) is 32.9 Å². The first-order chi connectivity index (χ1) is 6.75. The van der Waals surface area contributed by atoms with Crippen molar-refractivity contribution < 1.29 is 9.53 Å². The lowest BCUT2D eigenvalue weighted by Crippen LogP contribution is -2.37. The summed E-state index contributed by atoms with van der Waals surface area (Å²) in [7, 11) is 3.77. The normalized spacial score (nSPS) is 21.1. The molecule has 82 valence electrons. The van der Waals surface area contributed by atoms with Gasteiger partial charge in [-0.2, -0.15) is 0 Å². The van der Waals surface area contributed by atoms with Gasteiger partial charge in [0.1, 0.15) is 6.10 Å². The van der Waals surface area contributed by atoms with E-state index in [4.69, 9.17) is 4.74 Å². The maximum atomic E-state index is 11.7. The lowest BCUT2D eigenvalue weighted by molar-refractivity contribution is -0.139. The number of likely N-dealkylation sites (N-methyl/N-ethyl adjacent to an activating group) is 1. The van der Waals surface area contributed by atoms with Gasteiger partial charge in [0.05, 0.1) is 0 Å². The predicted octanol–water partition coefficient (Wildman–Crippen LogP) is 0.233. The van der Waals surface area contributed by atoms with E-state index >= 15 is 0 Å². The number of nitrogens with one attached hydrogen (secondary N) is 1. The molecule has 14 heavy (non-hydrogen) atoms. The zero-order valence-corrected chi connectivity index (χ0v) is 9.08. The van der Waals surface area contributed by atoms with Crippen molar-refractivity contribution in [1.29, 1.82) is 0 Å². The van der Waals surface area contributed by atoms with Gasteiger partial charge in [-0.3, -0.25) is 4.79 Å². The van der Waals surface area contributed by atoms with E-state index in [1.165, 1.54) is 0 Å². The van der Waals surface area contributed by atoms with Crippen LogP contribution in [-0.4, -0.2) is 50.7 Å². The minimum absolute atomic E-state index is 0.138. The molecule has 1 amide bonds. The molecule has 0 aromatic carbocycles. The van der Waals surface area contributed by atoms with Crippen molar-refractivity contribution in [1.82, 2.24) is 10.2 Å². The molecule has 0 bridgehead atoms. The van der Waals surface area contributed by atoms with Crippen molar-refractivity contribution in [3.05, 3.63) is 0 Å². The topological polar surface area (TPSA) is 41.6 Å². The first kappa shape index (κ1) is 11.5. The number of rotatable bonds is 5. The van der Waals surface area contributed by atoms with Gasteiger partial charge in [0.25, 0.3) is 5.91 Å². The molecule has 4 heteroatoms. The second-order valence-corrected chi connectivity index (χ2v) is 3.72. The zero-order valence-electron chi connectivity index (χ0n) is 9.08. The molecule has 0 spiro atoms. The zero-order chi connectivity index (χ0) is 10.4. The Morgan fingerprint density at radius 2 is 2.43 bits per heavy atom. The van der Waals surface area contributed by atoms with Crippen molar-refractivity contribution in [3.8, 4) is 0 Å². The van der Waals surface area contributed by atoms with Crippen LogP contribution in [0.4, 0.5) is 0 Å². The van der Waals surface area contributed by atoms with E-state index in [2.05, 4.69) is 5.32 Å². The Morgan fingerprint density at radius 1 is 1.64 bits per heavy atom. The second kappa shape index (κ2) is 5.98. The summed E-state index contributed by atoms with van der Waals surface area (Å²) in [4.78, 5) is 13.5. The Labute approximate surface area is 85.6 Å². The van der Waals surface area contributed by atoms with Crippen LogP contribution in [-0.2, 0) is 9.53 Å². The third kappa shape index (κ3) is 3.27. The third-order valence-electron chi connectivity index (χ3n) is 2.50. The van der Waals surface area contributed by atoms with Gasteiger partial charge in [0, 0.05) is 20.2 Å². The molecule has 4 nitrogen and oxygen atoms in total. The lowest BCUT2D eigenvalue weighted by Gasteiger charge is -2.20. The van der Waals surface area contributed by atoms with Crippen LogP contribution in [0.2, 0.25) is 0 Å². The fraction of sp³-hybridized carbons (Fsp3) is 0.900. The van der Waals surface area contributed by atoms with E-state index in [-0.39, 0.29) is 12.0 Å². The molecule has 0 aliphatic carbocycles. The summed E-state index contributed by atoms with van der Waals surface area (Å²) < 4.78 is 5.34. The van der Waals surface area contributed by atoms with Crippen molar-refractivity contribution in [3.63, 3.8) is 0 Å². The standard InChI is InChI=1S/C10H20N2O2/c1-11-6-4-7-12(2)10(13)9-5-3-8-14-9/h9,11H,3-8H2,1-2H3/t9-/m0/s1. The molecule has 1 atom stereocenters. The molecular weight excluding hydrogens is 180 g/mol. The number of carbonyl (C=O) groups excluding carboxylic acids is 1. The molecule has 0 radical (unpaired) electrons. The number of nitrogens with zero attached hydrogens (tertiary/aromatic N) is 1. The summed E-state index contributed by atoms with van der Waals surface area (Å²) in [6.07, 6.45) is 2.72. The molecule has 0 aromatic heterocycles. The average molecular weight is 200 g/mol. The van der Waals surface area contributed by atoms with Gasteiger partial charge in [-0.15, -0.1) is 0 Å². The highest BCUT2D eigenvalue weighted by Gasteiger charge is 2.25. The summed E-state index contributed by atoms with van der Waals surface area (Å²) in [6.45, 7) is 2.49. The largest absolute Gasteiger partial charge is 0.368 e. The van der Waals surface area contributed by atoms with Gasteiger partial charge in [0.15, 0.2) is 0 Å². The van der Waals surface area contributed by atoms with E-state index < -0.39 is 0 Å². The summed E-state index contributed by atoms with van der Waals surface area (Å²) in [5.74, 6) is 0.138. The lowest BCUT2D eigenvalue weighted by atomic mass is 10.2. The second-order valence-electron chi connectivity index (χ2n) is 3.72. The summed E-state index contributed by atoms with van der Waals surface area (Å²) in [6, 6.07) is 0. The molecule has 1 fully saturated rings. The Morgan fingerprint density at radius 3 is 3.00 bits per heavy atom.